The van der Waals surface area contributed by atoms with Crippen molar-refractivity contribution in [1.82, 2.24) is 9.38 Å². The molecule has 0 spiro atoms. The van der Waals surface area contributed by atoms with Gasteiger partial charge in [0, 0.05) is 6.20 Å². The van der Waals surface area contributed by atoms with E-state index in [4.69, 9.17) is 10.00 Å². The molecular weight excluding hydrogens is 281 g/mol. The number of fused-ring (bicyclic) bond motifs is 1. The number of benzene rings is 1. The van der Waals surface area contributed by atoms with Crippen LogP contribution < -0.4 is 4.74 Å². The third-order valence-electron chi connectivity index (χ3n) is 3.42. The van der Waals surface area contributed by atoms with Gasteiger partial charge in [0.15, 0.2) is 0 Å². The number of nitriles is 1. The van der Waals surface area contributed by atoms with Crippen LogP contribution in [0.1, 0.15) is 17.1 Å². The first-order valence-electron chi connectivity index (χ1n) is 6.90. The molecule has 4 nitrogen and oxygen atoms in total. The van der Waals surface area contributed by atoms with Gasteiger partial charge in [-0.15, -0.1) is 0 Å². The Morgan fingerprint density at radius 3 is 2.77 bits per heavy atom. The summed E-state index contributed by atoms with van der Waals surface area (Å²) in [5, 5.41) is 8.87. The Bertz CT molecular complexity index is 847. The summed E-state index contributed by atoms with van der Waals surface area (Å²) in [6.07, 6.45) is 2.11. The van der Waals surface area contributed by atoms with Crippen LogP contribution in [-0.4, -0.2) is 9.38 Å². The second kappa shape index (κ2) is 5.86. The molecule has 22 heavy (non-hydrogen) atoms. The number of aromatic nitrogens is 2. The lowest BCUT2D eigenvalue weighted by molar-refractivity contribution is 0.308. The van der Waals surface area contributed by atoms with Crippen molar-refractivity contribution in [2.45, 2.75) is 20.0 Å². The van der Waals surface area contributed by atoms with Gasteiger partial charge in [-0.3, -0.25) is 4.40 Å². The normalized spacial score (nSPS) is 10.6. The van der Waals surface area contributed by atoms with E-state index >= 15 is 0 Å². The van der Waals surface area contributed by atoms with Crippen LogP contribution in [0.2, 0.25) is 0 Å². The Kier molecular flexibility index (Phi) is 3.75. The molecule has 0 saturated heterocycles. The van der Waals surface area contributed by atoms with Crippen LogP contribution in [0.25, 0.3) is 5.52 Å². The molecule has 0 bridgehead atoms. The van der Waals surface area contributed by atoms with Crippen LogP contribution in [0.5, 0.6) is 5.75 Å². The van der Waals surface area contributed by atoms with E-state index in [0.29, 0.717) is 18.2 Å². The molecule has 0 radical (unpaired) electrons. The number of hydrogen-bond acceptors (Lipinski definition) is 3. The quantitative estimate of drug-likeness (QED) is 0.741. The van der Waals surface area contributed by atoms with E-state index in [2.05, 4.69) is 11.1 Å². The number of aryl methyl sites for hydroxylation is 1. The van der Waals surface area contributed by atoms with Crippen molar-refractivity contribution in [3.63, 3.8) is 0 Å². The van der Waals surface area contributed by atoms with Crippen LogP contribution in [0.3, 0.4) is 0 Å². The fourth-order valence-corrected chi connectivity index (χ4v) is 2.41. The average molecular weight is 295 g/mol. The van der Waals surface area contributed by atoms with Gasteiger partial charge in [0.1, 0.15) is 29.5 Å². The standard InChI is InChI=1S/C17H14FN3O/c1-12-17-15(22-11-13-4-6-14(18)7-5-13)3-2-10-21(17)16(20-12)8-9-19/h2-7,10H,8,11H2,1H3. The number of nitrogens with zero attached hydrogens (tertiary/aromatic N) is 3. The lowest BCUT2D eigenvalue weighted by atomic mass is 10.2. The number of halogens is 1. The highest BCUT2D eigenvalue weighted by molar-refractivity contribution is 5.64. The fraction of sp³-hybridized carbons (Fsp3) is 0.176. The zero-order chi connectivity index (χ0) is 15.5. The third kappa shape index (κ3) is 2.63. The highest BCUT2D eigenvalue weighted by Gasteiger charge is 2.12. The van der Waals surface area contributed by atoms with Gasteiger partial charge in [-0.2, -0.15) is 5.26 Å². The van der Waals surface area contributed by atoms with Gasteiger partial charge in [-0.1, -0.05) is 12.1 Å². The topological polar surface area (TPSA) is 50.3 Å². The minimum Gasteiger partial charge on any atom is -0.487 e. The van der Waals surface area contributed by atoms with Gasteiger partial charge < -0.3 is 4.74 Å². The Labute approximate surface area is 127 Å². The van der Waals surface area contributed by atoms with Crippen LogP contribution in [-0.2, 0) is 13.0 Å². The predicted octanol–water partition coefficient (Wildman–Crippen LogP) is 3.43. The molecule has 3 aromatic rings. The molecule has 0 amide bonds. The van der Waals surface area contributed by atoms with E-state index in [0.717, 1.165) is 16.8 Å². The largest absolute Gasteiger partial charge is 0.487 e. The molecule has 0 unspecified atom stereocenters. The Hall–Kier alpha value is -2.87. The van der Waals surface area contributed by atoms with E-state index < -0.39 is 0 Å². The van der Waals surface area contributed by atoms with Crippen LogP contribution >= 0.6 is 0 Å². The molecule has 0 fully saturated rings. The number of ether oxygens (including phenoxy) is 1. The first-order valence-corrected chi connectivity index (χ1v) is 6.90. The van der Waals surface area contributed by atoms with E-state index in [1.807, 2.05) is 29.7 Å². The summed E-state index contributed by atoms with van der Waals surface area (Å²) < 4.78 is 20.6. The maximum atomic E-state index is 12.9. The molecule has 0 N–H and O–H groups in total. The van der Waals surface area contributed by atoms with Crippen LogP contribution in [0, 0.1) is 24.1 Å². The lowest BCUT2D eigenvalue weighted by Crippen LogP contribution is -1.99. The maximum absolute atomic E-state index is 12.9. The predicted molar refractivity (Wildman–Crippen MR) is 80.0 cm³/mol. The summed E-state index contributed by atoms with van der Waals surface area (Å²) in [6, 6.07) is 12.0. The SMILES string of the molecule is Cc1nc(CC#N)n2cccc(OCc3ccc(F)cc3)c12. The Balaban J connectivity index is 1.91. The van der Waals surface area contributed by atoms with E-state index in [9.17, 15) is 4.39 Å². The molecule has 0 atom stereocenters. The number of pyridine rings is 1. The first kappa shape index (κ1) is 14.1. The highest BCUT2D eigenvalue weighted by Crippen LogP contribution is 2.25. The van der Waals surface area contributed by atoms with Crippen molar-refractivity contribution in [2.75, 3.05) is 0 Å². The molecule has 2 heterocycles. The summed E-state index contributed by atoms with van der Waals surface area (Å²) in [4.78, 5) is 4.42. The van der Waals surface area contributed by atoms with Crippen LogP contribution in [0.4, 0.5) is 4.39 Å². The number of rotatable bonds is 4. The molecule has 3 rings (SSSR count). The Morgan fingerprint density at radius 2 is 2.05 bits per heavy atom. The molecular formula is C17H14FN3O. The van der Waals surface area contributed by atoms with Gasteiger partial charge >= 0.3 is 0 Å². The lowest BCUT2D eigenvalue weighted by Gasteiger charge is -2.09. The fourth-order valence-electron chi connectivity index (χ4n) is 2.41. The van der Waals surface area contributed by atoms with Gasteiger partial charge in [-0.25, -0.2) is 9.37 Å². The number of imidazole rings is 1. The molecule has 0 aliphatic carbocycles. The summed E-state index contributed by atoms with van der Waals surface area (Å²) in [7, 11) is 0. The van der Waals surface area contributed by atoms with Crippen molar-refractivity contribution >= 4 is 5.52 Å². The summed E-state index contributed by atoms with van der Waals surface area (Å²) in [6.45, 7) is 2.24. The molecule has 2 aromatic heterocycles. The van der Waals surface area contributed by atoms with Crippen molar-refractivity contribution in [2.24, 2.45) is 0 Å². The van der Waals surface area contributed by atoms with E-state index in [1.54, 1.807) is 12.1 Å². The first-order chi connectivity index (χ1) is 10.7. The molecule has 0 aliphatic heterocycles. The highest BCUT2D eigenvalue weighted by atomic mass is 19.1. The smallest absolute Gasteiger partial charge is 0.145 e. The molecule has 0 aliphatic rings. The van der Waals surface area contributed by atoms with E-state index in [-0.39, 0.29) is 12.2 Å². The van der Waals surface area contributed by atoms with Gasteiger partial charge in [0.05, 0.1) is 18.2 Å². The maximum Gasteiger partial charge on any atom is 0.145 e. The number of hydrogen-bond donors (Lipinski definition) is 0. The van der Waals surface area contributed by atoms with Crippen molar-refractivity contribution < 1.29 is 9.13 Å². The molecule has 1 aromatic carbocycles. The van der Waals surface area contributed by atoms with Crippen LogP contribution in [0.15, 0.2) is 42.6 Å². The molecule has 5 heteroatoms. The van der Waals surface area contributed by atoms with Crippen molar-refractivity contribution in [3.05, 3.63) is 65.5 Å². The summed E-state index contributed by atoms with van der Waals surface area (Å²) in [5.41, 5.74) is 2.56. The van der Waals surface area contributed by atoms with Crippen molar-refractivity contribution in [3.8, 4) is 11.8 Å². The zero-order valence-corrected chi connectivity index (χ0v) is 12.1. The van der Waals surface area contributed by atoms with Gasteiger partial charge in [0.25, 0.3) is 0 Å². The summed E-state index contributed by atoms with van der Waals surface area (Å²) in [5.74, 6) is 1.13. The van der Waals surface area contributed by atoms with E-state index in [1.165, 1.54) is 12.1 Å². The monoisotopic (exact) mass is 295 g/mol. The zero-order valence-electron chi connectivity index (χ0n) is 12.1. The van der Waals surface area contributed by atoms with Crippen molar-refractivity contribution in [1.29, 1.82) is 5.26 Å². The third-order valence-corrected chi connectivity index (χ3v) is 3.42. The summed E-state index contributed by atoms with van der Waals surface area (Å²) >= 11 is 0. The molecule has 110 valence electrons. The second-order valence-corrected chi connectivity index (χ2v) is 4.95. The van der Waals surface area contributed by atoms with Gasteiger partial charge in [-0.05, 0) is 36.8 Å². The second-order valence-electron chi connectivity index (χ2n) is 4.95. The van der Waals surface area contributed by atoms with Gasteiger partial charge in [0.2, 0.25) is 0 Å². The molecule has 0 saturated carbocycles. The average Bonchev–Trinajstić information content (AvgIpc) is 2.84. The minimum absolute atomic E-state index is 0.246. The minimum atomic E-state index is -0.265. The Morgan fingerprint density at radius 1 is 1.27 bits per heavy atom.